The highest BCUT2D eigenvalue weighted by Gasteiger charge is 2.18. The summed E-state index contributed by atoms with van der Waals surface area (Å²) in [6.07, 6.45) is 0.180. The molecule has 17 heavy (non-hydrogen) atoms. The van der Waals surface area contributed by atoms with Crippen LogP contribution in [0.3, 0.4) is 0 Å². The van der Waals surface area contributed by atoms with Crippen LogP contribution >= 0.6 is 0 Å². The number of benzene rings is 1. The van der Waals surface area contributed by atoms with Crippen LogP contribution in [0.2, 0.25) is 0 Å². The molecule has 2 N–H and O–H groups in total. The monoisotopic (exact) mass is 238 g/mol. The molecule has 1 aromatic rings. The molecule has 1 aromatic carbocycles. The topological polar surface area (TPSA) is 49.7 Å². The van der Waals surface area contributed by atoms with E-state index in [0.717, 1.165) is 16.9 Å². The summed E-state index contributed by atoms with van der Waals surface area (Å²) in [5.41, 5.74) is 1.04. The van der Waals surface area contributed by atoms with Gasteiger partial charge in [0.15, 0.2) is 0 Å². The van der Waals surface area contributed by atoms with E-state index >= 15 is 0 Å². The van der Waals surface area contributed by atoms with Crippen LogP contribution < -0.4 is 4.74 Å². The van der Waals surface area contributed by atoms with Gasteiger partial charge in [0.25, 0.3) is 0 Å². The summed E-state index contributed by atoms with van der Waals surface area (Å²) in [6.45, 7) is 7.62. The zero-order valence-corrected chi connectivity index (χ0v) is 11.0. The average molecular weight is 238 g/mol. The van der Waals surface area contributed by atoms with Crippen molar-refractivity contribution in [1.29, 1.82) is 0 Å². The molecule has 0 aliphatic heterocycles. The van der Waals surface area contributed by atoms with Gasteiger partial charge in [-0.15, -0.1) is 0 Å². The van der Waals surface area contributed by atoms with E-state index in [2.05, 4.69) is 0 Å². The van der Waals surface area contributed by atoms with Crippen LogP contribution in [0.5, 0.6) is 5.75 Å². The number of rotatable bonds is 5. The first-order chi connectivity index (χ1) is 7.85. The van der Waals surface area contributed by atoms with E-state index in [9.17, 15) is 10.2 Å². The summed E-state index contributed by atoms with van der Waals surface area (Å²) in [5, 5.41) is 19.3. The van der Waals surface area contributed by atoms with Crippen molar-refractivity contribution < 1.29 is 14.9 Å². The Bertz CT molecular complexity index is 370. The lowest BCUT2D eigenvalue weighted by atomic mass is 10.1. The highest BCUT2D eigenvalue weighted by Crippen LogP contribution is 2.23. The van der Waals surface area contributed by atoms with Crippen LogP contribution in [0, 0.1) is 6.92 Å². The Labute approximate surface area is 103 Å². The Morgan fingerprint density at radius 2 is 2.06 bits per heavy atom. The fourth-order valence-electron chi connectivity index (χ4n) is 1.43. The molecular weight excluding hydrogens is 216 g/mol. The second-order valence-corrected chi connectivity index (χ2v) is 4.84. The smallest absolute Gasteiger partial charge is 0.122 e. The summed E-state index contributed by atoms with van der Waals surface area (Å²) >= 11 is 0. The van der Waals surface area contributed by atoms with Crippen molar-refractivity contribution in [2.75, 3.05) is 6.61 Å². The molecule has 96 valence electrons. The molecular formula is C14H22O3. The zero-order chi connectivity index (χ0) is 13.1. The number of hydrogen-bond donors (Lipinski definition) is 2. The Balaban J connectivity index is 2.73. The quantitative estimate of drug-likeness (QED) is 0.829. The molecule has 1 rings (SSSR count). The van der Waals surface area contributed by atoms with Gasteiger partial charge in [0.05, 0.1) is 11.7 Å². The lowest BCUT2D eigenvalue weighted by Crippen LogP contribution is -2.31. The molecule has 3 nitrogen and oxygen atoms in total. The summed E-state index contributed by atoms with van der Waals surface area (Å²) in [6, 6.07) is 5.58. The van der Waals surface area contributed by atoms with E-state index in [1.54, 1.807) is 13.8 Å². The molecule has 0 saturated heterocycles. The molecule has 2 unspecified atom stereocenters. The third kappa shape index (κ3) is 4.02. The first kappa shape index (κ1) is 14.0. The maximum atomic E-state index is 9.85. The molecule has 0 aromatic heterocycles. The van der Waals surface area contributed by atoms with Gasteiger partial charge in [0.1, 0.15) is 12.4 Å². The van der Waals surface area contributed by atoms with E-state index in [-0.39, 0.29) is 6.61 Å². The Hall–Kier alpha value is -1.06. The Morgan fingerprint density at radius 1 is 1.41 bits per heavy atom. The molecule has 0 aliphatic carbocycles. The Morgan fingerprint density at radius 3 is 2.53 bits per heavy atom. The SMILES string of the molecule is CCC(C)(O)COc1ccc(C(C)O)cc1C. The molecule has 0 amide bonds. The van der Waals surface area contributed by atoms with Gasteiger partial charge >= 0.3 is 0 Å². The number of aliphatic hydroxyl groups excluding tert-OH is 1. The summed E-state index contributed by atoms with van der Waals surface area (Å²) in [5.74, 6) is 0.753. The number of aryl methyl sites for hydroxylation is 1. The van der Waals surface area contributed by atoms with Crippen LogP contribution in [0.1, 0.15) is 44.4 Å². The molecule has 3 heteroatoms. The van der Waals surface area contributed by atoms with Crippen molar-refractivity contribution >= 4 is 0 Å². The van der Waals surface area contributed by atoms with E-state index in [0.29, 0.717) is 6.42 Å². The van der Waals surface area contributed by atoms with E-state index in [1.807, 2.05) is 32.0 Å². The third-order valence-corrected chi connectivity index (χ3v) is 2.98. The van der Waals surface area contributed by atoms with Crippen molar-refractivity contribution in [3.63, 3.8) is 0 Å². The highest BCUT2D eigenvalue weighted by molar-refractivity contribution is 5.37. The van der Waals surface area contributed by atoms with Crippen LogP contribution in [0.25, 0.3) is 0 Å². The second kappa shape index (κ2) is 5.52. The number of aliphatic hydroxyl groups is 2. The van der Waals surface area contributed by atoms with E-state index in [4.69, 9.17) is 4.74 Å². The van der Waals surface area contributed by atoms with Gasteiger partial charge in [-0.25, -0.2) is 0 Å². The van der Waals surface area contributed by atoms with Crippen molar-refractivity contribution in [3.8, 4) is 5.75 Å². The fourth-order valence-corrected chi connectivity index (χ4v) is 1.43. The van der Waals surface area contributed by atoms with Crippen LogP contribution in [-0.2, 0) is 0 Å². The van der Waals surface area contributed by atoms with Crippen molar-refractivity contribution in [2.45, 2.75) is 45.8 Å². The van der Waals surface area contributed by atoms with Gasteiger partial charge in [-0.2, -0.15) is 0 Å². The number of hydrogen-bond acceptors (Lipinski definition) is 3. The summed E-state index contributed by atoms with van der Waals surface area (Å²) < 4.78 is 5.60. The fraction of sp³-hybridized carbons (Fsp3) is 0.571. The average Bonchev–Trinajstić information content (AvgIpc) is 2.27. The van der Waals surface area contributed by atoms with Gasteiger partial charge in [0.2, 0.25) is 0 Å². The van der Waals surface area contributed by atoms with Gasteiger partial charge < -0.3 is 14.9 Å². The molecule has 0 saturated carbocycles. The van der Waals surface area contributed by atoms with Crippen LogP contribution in [0.4, 0.5) is 0 Å². The van der Waals surface area contributed by atoms with Gasteiger partial charge in [0, 0.05) is 0 Å². The molecule has 0 aliphatic rings. The maximum Gasteiger partial charge on any atom is 0.122 e. The largest absolute Gasteiger partial charge is 0.490 e. The normalized spacial score (nSPS) is 16.4. The minimum Gasteiger partial charge on any atom is -0.490 e. The first-order valence-corrected chi connectivity index (χ1v) is 5.99. The molecule has 0 bridgehead atoms. The molecule has 2 atom stereocenters. The van der Waals surface area contributed by atoms with Crippen LogP contribution in [-0.4, -0.2) is 22.4 Å². The lowest BCUT2D eigenvalue weighted by molar-refractivity contribution is 0.00825. The molecule has 0 radical (unpaired) electrons. The van der Waals surface area contributed by atoms with Crippen LogP contribution in [0.15, 0.2) is 18.2 Å². The third-order valence-electron chi connectivity index (χ3n) is 2.98. The lowest BCUT2D eigenvalue weighted by Gasteiger charge is -2.22. The van der Waals surface area contributed by atoms with Crippen molar-refractivity contribution in [3.05, 3.63) is 29.3 Å². The zero-order valence-electron chi connectivity index (χ0n) is 11.0. The summed E-state index contributed by atoms with van der Waals surface area (Å²) in [4.78, 5) is 0. The predicted molar refractivity (Wildman–Crippen MR) is 68.2 cm³/mol. The minimum atomic E-state index is -0.796. The van der Waals surface area contributed by atoms with Crippen molar-refractivity contribution in [1.82, 2.24) is 0 Å². The van der Waals surface area contributed by atoms with E-state index < -0.39 is 11.7 Å². The van der Waals surface area contributed by atoms with Gasteiger partial charge in [-0.3, -0.25) is 0 Å². The number of ether oxygens (including phenoxy) is 1. The standard InChI is InChI=1S/C14H22O3/c1-5-14(4,16)9-17-13-7-6-12(11(3)15)8-10(13)2/h6-8,11,15-16H,5,9H2,1-4H3. The molecule has 0 fully saturated rings. The summed E-state index contributed by atoms with van der Waals surface area (Å²) in [7, 11) is 0. The minimum absolute atomic E-state index is 0.276. The molecule has 0 heterocycles. The predicted octanol–water partition coefficient (Wildman–Crippen LogP) is 2.59. The molecule has 0 spiro atoms. The van der Waals surface area contributed by atoms with Gasteiger partial charge in [-0.1, -0.05) is 13.0 Å². The van der Waals surface area contributed by atoms with Gasteiger partial charge in [-0.05, 0) is 50.5 Å². The highest BCUT2D eigenvalue weighted by atomic mass is 16.5. The van der Waals surface area contributed by atoms with E-state index in [1.165, 1.54) is 0 Å². The maximum absolute atomic E-state index is 9.85. The second-order valence-electron chi connectivity index (χ2n) is 4.84. The first-order valence-electron chi connectivity index (χ1n) is 5.99. The van der Waals surface area contributed by atoms with Crippen molar-refractivity contribution in [2.24, 2.45) is 0 Å². The Kier molecular flexibility index (Phi) is 4.54.